The summed E-state index contributed by atoms with van der Waals surface area (Å²) in [6.07, 6.45) is 4.46. The van der Waals surface area contributed by atoms with Crippen molar-refractivity contribution in [3.63, 3.8) is 0 Å². The molecule has 1 heterocycles. The molecule has 1 rings (SSSR count). The highest BCUT2D eigenvalue weighted by molar-refractivity contribution is 5.79. The number of amides is 1. The molecule has 2 N–H and O–H groups in total. The Morgan fingerprint density at radius 2 is 2.06 bits per heavy atom. The summed E-state index contributed by atoms with van der Waals surface area (Å²) in [5.41, 5.74) is 5.52. The summed E-state index contributed by atoms with van der Waals surface area (Å²) in [5, 5.41) is 0. The zero-order valence-corrected chi connectivity index (χ0v) is 12.0. The Morgan fingerprint density at radius 3 is 2.67 bits per heavy atom. The lowest BCUT2D eigenvalue weighted by Crippen LogP contribution is -2.45. The summed E-state index contributed by atoms with van der Waals surface area (Å²) in [5.74, 6) is 0.569. The number of carbonyl (C=O) groups is 1. The van der Waals surface area contributed by atoms with Crippen LogP contribution in [0, 0.1) is 5.92 Å². The van der Waals surface area contributed by atoms with Gasteiger partial charge in [0.15, 0.2) is 0 Å². The number of hydrogen-bond donors (Lipinski definition) is 1. The molecule has 106 valence electrons. The van der Waals surface area contributed by atoms with Crippen molar-refractivity contribution in [1.82, 2.24) is 9.80 Å². The van der Waals surface area contributed by atoms with E-state index >= 15 is 0 Å². The van der Waals surface area contributed by atoms with Gasteiger partial charge in [0.2, 0.25) is 5.91 Å². The molecule has 1 amide bonds. The number of nitrogens with two attached hydrogens (primary N) is 1. The van der Waals surface area contributed by atoms with E-state index in [0.29, 0.717) is 5.91 Å². The van der Waals surface area contributed by atoms with E-state index in [4.69, 9.17) is 5.73 Å². The van der Waals surface area contributed by atoms with Gasteiger partial charge in [-0.1, -0.05) is 0 Å². The lowest BCUT2D eigenvalue weighted by molar-refractivity contribution is -0.137. The van der Waals surface area contributed by atoms with Crippen LogP contribution in [0.2, 0.25) is 0 Å². The number of unbranched alkanes of at least 4 members (excludes halogenated alkanes) is 1. The van der Waals surface area contributed by atoms with Crippen LogP contribution in [0.5, 0.6) is 0 Å². The minimum atomic E-state index is 0.219. The van der Waals surface area contributed by atoms with Crippen LogP contribution in [0.4, 0.5) is 0 Å². The molecule has 0 aliphatic carbocycles. The third-order valence-corrected chi connectivity index (χ3v) is 3.86. The van der Waals surface area contributed by atoms with Gasteiger partial charge in [0.1, 0.15) is 0 Å². The van der Waals surface area contributed by atoms with Crippen molar-refractivity contribution >= 4 is 5.91 Å². The average molecular weight is 255 g/mol. The highest BCUT2D eigenvalue weighted by atomic mass is 16.2. The molecule has 0 aromatic rings. The Kier molecular flexibility index (Phi) is 7.28. The fourth-order valence-corrected chi connectivity index (χ4v) is 2.73. The van der Waals surface area contributed by atoms with Gasteiger partial charge >= 0.3 is 0 Å². The minimum absolute atomic E-state index is 0.219. The fourth-order valence-electron chi connectivity index (χ4n) is 2.73. The van der Waals surface area contributed by atoms with Gasteiger partial charge in [-0.2, -0.15) is 0 Å². The molecule has 0 aromatic carbocycles. The van der Waals surface area contributed by atoms with Crippen LogP contribution < -0.4 is 5.73 Å². The maximum atomic E-state index is 12.3. The van der Waals surface area contributed by atoms with E-state index in [-0.39, 0.29) is 5.92 Å². The lowest BCUT2D eigenvalue weighted by atomic mass is 9.96. The van der Waals surface area contributed by atoms with Crippen LogP contribution in [0.25, 0.3) is 0 Å². The Bertz CT molecular complexity index is 241. The van der Waals surface area contributed by atoms with Gasteiger partial charge in [-0.3, -0.25) is 4.79 Å². The third-order valence-electron chi connectivity index (χ3n) is 3.86. The number of piperidine rings is 1. The lowest BCUT2D eigenvalue weighted by Gasteiger charge is -2.34. The summed E-state index contributed by atoms with van der Waals surface area (Å²) >= 11 is 0. The second-order valence-electron chi connectivity index (χ2n) is 5.15. The summed E-state index contributed by atoms with van der Waals surface area (Å²) in [6.45, 7) is 9.74. The third kappa shape index (κ3) is 4.58. The zero-order valence-electron chi connectivity index (χ0n) is 12.0. The van der Waals surface area contributed by atoms with Gasteiger partial charge in [-0.05, 0) is 59.2 Å². The number of carbonyl (C=O) groups excluding carboxylic acids is 1. The molecule has 1 saturated heterocycles. The molecule has 18 heavy (non-hydrogen) atoms. The molecule has 0 radical (unpaired) electrons. The Morgan fingerprint density at radius 1 is 1.33 bits per heavy atom. The Hall–Kier alpha value is -0.610. The van der Waals surface area contributed by atoms with E-state index in [1.165, 1.54) is 0 Å². The van der Waals surface area contributed by atoms with Crippen LogP contribution in [-0.4, -0.2) is 55.0 Å². The molecule has 0 bridgehead atoms. The summed E-state index contributed by atoms with van der Waals surface area (Å²) in [6, 6.07) is 0. The van der Waals surface area contributed by atoms with E-state index in [2.05, 4.69) is 18.7 Å². The first-order valence-corrected chi connectivity index (χ1v) is 7.44. The number of rotatable bonds is 7. The smallest absolute Gasteiger partial charge is 0.226 e. The van der Waals surface area contributed by atoms with E-state index in [1.807, 2.05) is 4.90 Å². The predicted octanol–water partition coefficient (Wildman–Crippen LogP) is 1.31. The molecule has 1 fully saturated rings. The first kappa shape index (κ1) is 15.4. The van der Waals surface area contributed by atoms with Crippen LogP contribution in [0.1, 0.15) is 39.5 Å². The molecule has 1 unspecified atom stereocenters. The average Bonchev–Trinajstić information content (AvgIpc) is 2.41. The molecule has 1 aliphatic heterocycles. The first-order chi connectivity index (χ1) is 8.72. The number of likely N-dealkylation sites (tertiary alicyclic amines) is 1. The second-order valence-corrected chi connectivity index (χ2v) is 5.15. The van der Waals surface area contributed by atoms with Crippen LogP contribution in [-0.2, 0) is 4.79 Å². The minimum Gasteiger partial charge on any atom is -0.343 e. The highest BCUT2D eigenvalue weighted by Gasteiger charge is 2.27. The van der Waals surface area contributed by atoms with E-state index < -0.39 is 0 Å². The van der Waals surface area contributed by atoms with Gasteiger partial charge in [0, 0.05) is 19.6 Å². The quantitative estimate of drug-likeness (QED) is 0.698. The largest absolute Gasteiger partial charge is 0.343 e. The molecule has 4 nitrogen and oxygen atoms in total. The van der Waals surface area contributed by atoms with Crippen molar-refractivity contribution in [1.29, 1.82) is 0 Å². The first-order valence-electron chi connectivity index (χ1n) is 7.44. The van der Waals surface area contributed by atoms with Crippen LogP contribution >= 0.6 is 0 Å². The maximum absolute atomic E-state index is 12.3. The standard InChI is InChI=1S/C14H29N3O/c1-3-17(4-2)14(18)13-8-7-11-16(12-13)10-6-5-9-15/h13H,3-12,15H2,1-2H3. The van der Waals surface area contributed by atoms with Gasteiger partial charge in [-0.25, -0.2) is 0 Å². The second kappa shape index (κ2) is 8.48. The summed E-state index contributed by atoms with van der Waals surface area (Å²) in [4.78, 5) is 16.7. The van der Waals surface area contributed by atoms with Crippen LogP contribution in [0.3, 0.4) is 0 Å². The highest BCUT2D eigenvalue weighted by Crippen LogP contribution is 2.19. The van der Waals surface area contributed by atoms with Crippen LogP contribution in [0.15, 0.2) is 0 Å². The van der Waals surface area contributed by atoms with E-state index in [0.717, 1.165) is 65.0 Å². The molecular formula is C14H29N3O. The van der Waals surface area contributed by atoms with Crippen molar-refractivity contribution < 1.29 is 4.79 Å². The van der Waals surface area contributed by atoms with Crippen molar-refractivity contribution in [3.8, 4) is 0 Å². The number of hydrogen-bond acceptors (Lipinski definition) is 3. The molecular weight excluding hydrogens is 226 g/mol. The Labute approximate surface area is 111 Å². The summed E-state index contributed by atoms with van der Waals surface area (Å²) < 4.78 is 0. The monoisotopic (exact) mass is 255 g/mol. The fraction of sp³-hybridized carbons (Fsp3) is 0.929. The molecule has 0 aromatic heterocycles. The van der Waals surface area contributed by atoms with Gasteiger partial charge < -0.3 is 15.5 Å². The number of nitrogens with zero attached hydrogens (tertiary/aromatic N) is 2. The maximum Gasteiger partial charge on any atom is 0.226 e. The van der Waals surface area contributed by atoms with Crippen molar-refractivity contribution in [2.75, 3.05) is 39.3 Å². The molecule has 0 saturated carbocycles. The van der Waals surface area contributed by atoms with Gasteiger partial charge in [-0.15, -0.1) is 0 Å². The predicted molar refractivity (Wildman–Crippen MR) is 75.4 cm³/mol. The topological polar surface area (TPSA) is 49.6 Å². The summed E-state index contributed by atoms with van der Waals surface area (Å²) in [7, 11) is 0. The van der Waals surface area contributed by atoms with Crippen molar-refractivity contribution in [3.05, 3.63) is 0 Å². The molecule has 1 aliphatic rings. The molecule has 4 heteroatoms. The van der Waals surface area contributed by atoms with Gasteiger partial charge in [0.25, 0.3) is 0 Å². The Balaban J connectivity index is 2.40. The van der Waals surface area contributed by atoms with Crippen molar-refractivity contribution in [2.45, 2.75) is 39.5 Å². The SMILES string of the molecule is CCN(CC)C(=O)C1CCCN(CCCCN)C1. The molecule has 1 atom stereocenters. The van der Waals surface area contributed by atoms with E-state index in [9.17, 15) is 4.79 Å². The molecule has 0 spiro atoms. The van der Waals surface area contributed by atoms with Crippen molar-refractivity contribution in [2.24, 2.45) is 11.7 Å². The van der Waals surface area contributed by atoms with E-state index in [1.54, 1.807) is 0 Å². The normalized spacial score (nSPS) is 20.9. The zero-order chi connectivity index (χ0) is 13.4. The van der Waals surface area contributed by atoms with Gasteiger partial charge in [0.05, 0.1) is 5.92 Å².